The number of nitrogens with zero attached hydrogens (tertiary/aromatic N) is 1. The molecule has 106 valence electrons. The van der Waals surface area contributed by atoms with Crippen molar-refractivity contribution in [1.29, 1.82) is 0 Å². The SMILES string of the molecule is CCCCCCCC(=O)N/N=C(/C)c1ccc(Cl)s1. The number of amides is 1. The number of carbonyl (C=O) groups excluding carboxylic acids is 1. The zero-order valence-corrected chi connectivity index (χ0v) is 13.1. The molecule has 1 rings (SSSR count). The monoisotopic (exact) mass is 300 g/mol. The second kappa shape index (κ2) is 9.10. The fourth-order valence-electron chi connectivity index (χ4n) is 1.66. The van der Waals surface area contributed by atoms with E-state index in [9.17, 15) is 4.79 Å². The summed E-state index contributed by atoms with van der Waals surface area (Å²) < 4.78 is 0.729. The van der Waals surface area contributed by atoms with Crippen LogP contribution in [0.25, 0.3) is 0 Å². The number of hydrazone groups is 1. The summed E-state index contributed by atoms with van der Waals surface area (Å²) in [6, 6.07) is 3.73. The molecule has 19 heavy (non-hydrogen) atoms. The predicted molar refractivity (Wildman–Crippen MR) is 83.1 cm³/mol. The number of halogens is 1. The molecule has 0 aromatic carbocycles. The van der Waals surface area contributed by atoms with Crippen LogP contribution in [0.15, 0.2) is 17.2 Å². The highest BCUT2D eigenvalue weighted by atomic mass is 35.5. The van der Waals surface area contributed by atoms with E-state index in [1.54, 1.807) is 0 Å². The van der Waals surface area contributed by atoms with Gasteiger partial charge in [-0.25, -0.2) is 5.43 Å². The lowest BCUT2D eigenvalue weighted by Crippen LogP contribution is -2.18. The van der Waals surface area contributed by atoms with E-state index in [-0.39, 0.29) is 5.91 Å². The van der Waals surface area contributed by atoms with Gasteiger partial charge in [-0.15, -0.1) is 11.3 Å². The minimum absolute atomic E-state index is 0.0153. The van der Waals surface area contributed by atoms with Gasteiger partial charge in [-0.3, -0.25) is 4.79 Å². The molecule has 0 saturated heterocycles. The van der Waals surface area contributed by atoms with Crippen LogP contribution in [0.4, 0.5) is 0 Å². The van der Waals surface area contributed by atoms with E-state index in [2.05, 4.69) is 17.5 Å². The molecule has 0 atom stereocenters. The van der Waals surface area contributed by atoms with Crippen LogP contribution in [-0.2, 0) is 4.79 Å². The summed E-state index contributed by atoms with van der Waals surface area (Å²) in [6.45, 7) is 4.05. The van der Waals surface area contributed by atoms with Crippen molar-refractivity contribution in [2.24, 2.45) is 5.10 Å². The van der Waals surface area contributed by atoms with Crippen molar-refractivity contribution in [2.75, 3.05) is 0 Å². The van der Waals surface area contributed by atoms with Crippen LogP contribution in [0.5, 0.6) is 0 Å². The van der Waals surface area contributed by atoms with Crippen molar-refractivity contribution in [3.63, 3.8) is 0 Å². The van der Waals surface area contributed by atoms with Crippen LogP contribution in [0.2, 0.25) is 4.34 Å². The molecule has 0 radical (unpaired) electrons. The third kappa shape index (κ3) is 6.73. The number of unbranched alkanes of at least 4 members (excludes halogenated alkanes) is 4. The average Bonchev–Trinajstić information content (AvgIpc) is 2.82. The maximum atomic E-state index is 11.6. The van der Waals surface area contributed by atoms with E-state index in [0.717, 1.165) is 27.8 Å². The summed E-state index contributed by atoms with van der Waals surface area (Å²) in [5.41, 5.74) is 3.38. The van der Waals surface area contributed by atoms with Crippen LogP contribution < -0.4 is 5.43 Å². The summed E-state index contributed by atoms with van der Waals surface area (Å²) in [7, 11) is 0. The Morgan fingerprint density at radius 1 is 1.32 bits per heavy atom. The van der Waals surface area contributed by atoms with E-state index >= 15 is 0 Å². The van der Waals surface area contributed by atoms with Gasteiger partial charge >= 0.3 is 0 Å². The van der Waals surface area contributed by atoms with Crippen molar-refractivity contribution < 1.29 is 4.79 Å². The van der Waals surface area contributed by atoms with Gasteiger partial charge in [0.2, 0.25) is 5.91 Å². The normalized spacial score (nSPS) is 11.6. The average molecular weight is 301 g/mol. The van der Waals surface area contributed by atoms with Crippen molar-refractivity contribution in [3.8, 4) is 0 Å². The first-order chi connectivity index (χ1) is 9.13. The molecule has 1 aromatic rings. The Bertz CT molecular complexity index is 429. The van der Waals surface area contributed by atoms with E-state index in [1.807, 2.05) is 19.1 Å². The fraction of sp³-hybridized carbons (Fsp3) is 0.571. The third-order valence-corrected chi connectivity index (χ3v) is 4.13. The first kappa shape index (κ1) is 16.2. The molecule has 0 aliphatic heterocycles. The molecule has 1 N–H and O–H groups in total. The van der Waals surface area contributed by atoms with Gasteiger partial charge in [-0.05, 0) is 25.5 Å². The molecule has 0 bridgehead atoms. The molecule has 5 heteroatoms. The number of carbonyl (C=O) groups is 1. The molecular formula is C14H21ClN2OS. The topological polar surface area (TPSA) is 41.5 Å². The second-order valence-corrected chi connectivity index (χ2v) is 6.22. The Balaban J connectivity index is 2.25. The first-order valence-corrected chi connectivity index (χ1v) is 7.91. The third-order valence-electron chi connectivity index (χ3n) is 2.79. The van der Waals surface area contributed by atoms with Gasteiger partial charge in [-0.1, -0.05) is 44.2 Å². The highest BCUT2D eigenvalue weighted by Gasteiger charge is 2.03. The molecule has 3 nitrogen and oxygen atoms in total. The maximum Gasteiger partial charge on any atom is 0.240 e. The van der Waals surface area contributed by atoms with Crippen LogP contribution in [0.3, 0.4) is 0 Å². The predicted octanol–water partition coefficient (Wildman–Crippen LogP) is 4.60. The number of hydrogen-bond donors (Lipinski definition) is 1. The van der Waals surface area contributed by atoms with Gasteiger partial charge in [0.05, 0.1) is 14.9 Å². The second-order valence-electron chi connectivity index (χ2n) is 4.50. The molecular weight excluding hydrogens is 280 g/mol. The van der Waals surface area contributed by atoms with Crippen LogP contribution in [0, 0.1) is 0 Å². The van der Waals surface area contributed by atoms with Crippen molar-refractivity contribution in [2.45, 2.75) is 52.4 Å². The lowest BCUT2D eigenvalue weighted by Gasteiger charge is -2.01. The molecule has 0 saturated carbocycles. The highest BCUT2D eigenvalue weighted by Crippen LogP contribution is 2.21. The van der Waals surface area contributed by atoms with Gasteiger partial charge < -0.3 is 0 Å². The van der Waals surface area contributed by atoms with Crippen LogP contribution in [-0.4, -0.2) is 11.6 Å². The van der Waals surface area contributed by atoms with Crippen molar-refractivity contribution in [1.82, 2.24) is 5.43 Å². The smallest absolute Gasteiger partial charge is 0.240 e. The van der Waals surface area contributed by atoms with E-state index in [0.29, 0.717) is 6.42 Å². The quantitative estimate of drug-likeness (QED) is 0.425. The number of hydrogen-bond acceptors (Lipinski definition) is 3. The lowest BCUT2D eigenvalue weighted by molar-refractivity contribution is -0.121. The van der Waals surface area contributed by atoms with E-state index < -0.39 is 0 Å². The van der Waals surface area contributed by atoms with Crippen LogP contribution >= 0.6 is 22.9 Å². The summed E-state index contributed by atoms with van der Waals surface area (Å²) in [6.07, 6.45) is 6.28. The summed E-state index contributed by atoms with van der Waals surface area (Å²) in [5, 5.41) is 4.09. The largest absolute Gasteiger partial charge is 0.273 e. The van der Waals surface area contributed by atoms with Gasteiger partial charge in [0.25, 0.3) is 0 Å². The standard InChI is InChI=1S/C14H21ClN2OS/c1-3-4-5-6-7-8-14(18)17-16-11(2)12-9-10-13(15)19-12/h9-10H,3-8H2,1-2H3,(H,17,18)/b16-11-. The molecule has 1 heterocycles. The number of thiophene rings is 1. The minimum atomic E-state index is -0.0153. The molecule has 0 fully saturated rings. The van der Waals surface area contributed by atoms with Crippen molar-refractivity contribution in [3.05, 3.63) is 21.3 Å². The van der Waals surface area contributed by atoms with Gasteiger partial charge in [0.15, 0.2) is 0 Å². The Morgan fingerprint density at radius 3 is 2.68 bits per heavy atom. The maximum absolute atomic E-state index is 11.6. The van der Waals surface area contributed by atoms with E-state index in [1.165, 1.54) is 30.6 Å². The Morgan fingerprint density at radius 2 is 2.05 bits per heavy atom. The zero-order chi connectivity index (χ0) is 14.1. The van der Waals surface area contributed by atoms with Crippen LogP contribution in [0.1, 0.15) is 57.2 Å². The van der Waals surface area contributed by atoms with Gasteiger partial charge in [0, 0.05) is 6.42 Å². The van der Waals surface area contributed by atoms with Gasteiger partial charge in [-0.2, -0.15) is 5.10 Å². The molecule has 0 unspecified atom stereocenters. The van der Waals surface area contributed by atoms with Crippen molar-refractivity contribution >= 4 is 34.6 Å². The Hall–Kier alpha value is -0.870. The molecule has 0 aliphatic carbocycles. The number of nitrogens with one attached hydrogen (secondary N) is 1. The summed E-state index contributed by atoms with van der Waals surface area (Å²) >= 11 is 7.31. The van der Waals surface area contributed by atoms with Gasteiger partial charge in [0.1, 0.15) is 0 Å². The zero-order valence-electron chi connectivity index (χ0n) is 11.5. The Kier molecular flexibility index (Phi) is 7.75. The number of rotatable bonds is 8. The fourth-order valence-corrected chi connectivity index (χ4v) is 2.64. The molecule has 1 aromatic heterocycles. The summed E-state index contributed by atoms with van der Waals surface area (Å²) in [5.74, 6) is -0.0153. The lowest BCUT2D eigenvalue weighted by atomic mass is 10.1. The first-order valence-electron chi connectivity index (χ1n) is 6.72. The van der Waals surface area contributed by atoms with E-state index in [4.69, 9.17) is 11.6 Å². The minimum Gasteiger partial charge on any atom is -0.273 e. The highest BCUT2D eigenvalue weighted by molar-refractivity contribution is 7.18. The summed E-state index contributed by atoms with van der Waals surface area (Å²) in [4.78, 5) is 12.6. The molecule has 0 spiro atoms. The Labute approximate surface area is 124 Å². The molecule has 1 amide bonds. The molecule has 0 aliphatic rings.